The summed E-state index contributed by atoms with van der Waals surface area (Å²) in [5.41, 5.74) is 11.1. The molecule has 0 bridgehead atoms. The first-order chi connectivity index (χ1) is 16.7. The second-order valence-electron chi connectivity index (χ2n) is 8.69. The number of halogens is 2. The van der Waals surface area contributed by atoms with Gasteiger partial charge in [-0.1, -0.05) is 73.0 Å². The zero-order valence-electron chi connectivity index (χ0n) is 20.2. The summed E-state index contributed by atoms with van der Waals surface area (Å²) >= 11 is 1.46. The fourth-order valence-corrected chi connectivity index (χ4v) is 5.57. The molecule has 0 aliphatic heterocycles. The first kappa shape index (κ1) is 28.3. The molecule has 178 valence electrons. The van der Waals surface area contributed by atoms with Crippen LogP contribution in [0.5, 0.6) is 0 Å². The van der Waals surface area contributed by atoms with Gasteiger partial charge in [-0.2, -0.15) is 17.7 Å². The molecule has 0 fully saturated rings. The van der Waals surface area contributed by atoms with Crippen LogP contribution in [0, 0.1) is 6.07 Å². The maximum absolute atomic E-state index is 3.73. The molecule has 0 amide bonds. The summed E-state index contributed by atoms with van der Waals surface area (Å²) in [6.07, 6.45) is 10.9. The van der Waals surface area contributed by atoms with Crippen LogP contribution in [0.4, 0.5) is 0 Å². The van der Waals surface area contributed by atoms with Crippen molar-refractivity contribution in [2.75, 3.05) is 0 Å². The fourth-order valence-electron chi connectivity index (χ4n) is 4.75. The van der Waals surface area contributed by atoms with Crippen molar-refractivity contribution in [3.05, 3.63) is 155 Å². The molecule has 0 saturated heterocycles. The van der Waals surface area contributed by atoms with E-state index in [9.17, 15) is 0 Å². The van der Waals surface area contributed by atoms with Gasteiger partial charge in [-0.3, -0.25) is 0 Å². The second-order valence-corrected chi connectivity index (χ2v) is 9.92. The molecule has 2 aliphatic rings. The molecular weight excluding hydrogens is 558 g/mol. The summed E-state index contributed by atoms with van der Waals surface area (Å²) in [6, 6.07) is 36.0. The molecule has 0 unspecified atom stereocenters. The number of hydrogen-bond acceptors (Lipinski definition) is 0. The summed E-state index contributed by atoms with van der Waals surface area (Å²) in [5, 5.41) is 0. The van der Waals surface area contributed by atoms with Gasteiger partial charge >= 0.3 is 99.2 Å². The average molecular weight is 586 g/mol. The minimum atomic E-state index is 0. The average Bonchev–Trinajstić information content (AvgIpc) is 3.57. The van der Waals surface area contributed by atoms with E-state index in [-0.39, 0.29) is 24.8 Å². The van der Waals surface area contributed by atoms with Crippen LogP contribution in [0.2, 0.25) is 0 Å². The van der Waals surface area contributed by atoms with E-state index in [2.05, 4.69) is 128 Å². The summed E-state index contributed by atoms with van der Waals surface area (Å²) < 4.78 is 1.42. The Labute approximate surface area is 242 Å². The van der Waals surface area contributed by atoms with Crippen LogP contribution in [0.25, 0.3) is 11.1 Å². The predicted octanol–water partition coefficient (Wildman–Crippen LogP) is 1.64. The number of hydrogen-bond donors (Lipinski definition) is 0. The van der Waals surface area contributed by atoms with Gasteiger partial charge in [0.15, 0.2) is 0 Å². The Morgan fingerprint density at radius 2 is 1.33 bits per heavy atom. The molecule has 0 heterocycles. The Balaban J connectivity index is 0.000000201. The van der Waals surface area contributed by atoms with Gasteiger partial charge < -0.3 is 24.8 Å². The topological polar surface area (TPSA) is 0 Å². The van der Waals surface area contributed by atoms with E-state index in [1.54, 1.807) is 0 Å². The minimum absolute atomic E-state index is 0. The van der Waals surface area contributed by atoms with E-state index in [1.807, 2.05) is 0 Å². The van der Waals surface area contributed by atoms with Gasteiger partial charge in [-0.15, -0.1) is 16.7 Å². The standard InChI is InChI=1S/C20H17.C13H10.2ClH.Zr/c1-2-14-12-20-17(11-16-9-5-6-10-18(16)20)13-19(14)15-7-3-4-8-15;1-3-7-12(8-4-1)11-13-9-5-2-6-10-13;;;/h3-10,12,15H,2,11H2,1H3;1-10H;2*1H;/q-1;;;;+2/p-2. The van der Waals surface area contributed by atoms with Gasteiger partial charge in [-0.25, -0.2) is 0 Å². The van der Waals surface area contributed by atoms with Crippen molar-refractivity contribution >= 4 is 3.21 Å². The monoisotopic (exact) mass is 583 g/mol. The van der Waals surface area contributed by atoms with E-state index in [4.69, 9.17) is 0 Å². The van der Waals surface area contributed by atoms with Crippen LogP contribution in [0.15, 0.2) is 115 Å². The number of aryl methyl sites for hydroxylation is 1. The number of fused-ring (bicyclic) bond motifs is 3. The van der Waals surface area contributed by atoms with Crippen LogP contribution in [0.1, 0.15) is 46.2 Å². The SMILES string of the molecule is CCc1cc2c([c-]c1C1C=CC=C1)Cc1ccccc1-2.[Cl-].[Cl-].[Zr+2]=[C](c1ccccc1)c1ccccc1. The van der Waals surface area contributed by atoms with Crippen molar-refractivity contribution in [2.24, 2.45) is 0 Å². The molecule has 0 aromatic heterocycles. The molecule has 0 N–H and O–H groups in total. The Hall–Kier alpha value is -2.31. The summed E-state index contributed by atoms with van der Waals surface area (Å²) in [4.78, 5) is 0. The Kier molecular flexibility index (Phi) is 10.4. The van der Waals surface area contributed by atoms with Gasteiger partial charge in [-0.05, 0) is 12.3 Å². The van der Waals surface area contributed by atoms with Crippen LogP contribution < -0.4 is 24.8 Å². The molecular formula is C33H27Cl2Zr-. The van der Waals surface area contributed by atoms with E-state index < -0.39 is 0 Å². The van der Waals surface area contributed by atoms with E-state index in [0.29, 0.717) is 5.92 Å². The number of allylic oxidation sites excluding steroid dienone is 4. The van der Waals surface area contributed by atoms with Crippen LogP contribution in [-0.4, -0.2) is 3.21 Å². The molecule has 2 aliphatic carbocycles. The van der Waals surface area contributed by atoms with Gasteiger partial charge in [0.2, 0.25) is 0 Å². The van der Waals surface area contributed by atoms with Crippen molar-refractivity contribution < 1.29 is 49.0 Å². The van der Waals surface area contributed by atoms with E-state index >= 15 is 0 Å². The molecule has 6 rings (SSSR count). The zero-order valence-corrected chi connectivity index (χ0v) is 24.2. The van der Waals surface area contributed by atoms with Gasteiger partial charge in [0, 0.05) is 0 Å². The Morgan fingerprint density at radius 1 is 0.778 bits per heavy atom. The second kappa shape index (κ2) is 13.3. The van der Waals surface area contributed by atoms with Crippen molar-refractivity contribution in [1.82, 2.24) is 0 Å². The van der Waals surface area contributed by atoms with Crippen molar-refractivity contribution in [3.8, 4) is 11.1 Å². The van der Waals surface area contributed by atoms with Gasteiger partial charge in [0.1, 0.15) is 0 Å². The third kappa shape index (κ3) is 6.15. The molecule has 4 aromatic carbocycles. The molecule has 0 radical (unpaired) electrons. The van der Waals surface area contributed by atoms with Gasteiger partial charge in [0.05, 0.1) is 0 Å². The molecule has 0 saturated carbocycles. The third-order valence-corrected chi connectivity index (χ3v) is 7.96. The quantitative estimate of drug-likeness (QED) is 0.282. The number of benzene rings is 4. The van der Waals surface area contributed by atoms with Crippen LogP contribution in [-0.2, 0) is 37.1 Å². The predicted molar refractivity (Wildman–Crippen MR) is 140 cm³/mol. The zero-order chi connectivity index (χ0) is 23.3. The fraction of sp³-hybridized carbons (Fsp3) is 0.121. The van der Waals surface area contributed by atoms with E-state index in [0.717, 1.165) is 12.8 Å². The Bertz CT molecular complexity index is 1320. The normalized spacial score (nSPS) is 12.5. The molecule has 0 atom stereocenters. The molecule has 0 nitrogen and oxygen atoms in total. The molecule has 0 spiro atoms. The summed E-state index contributed by atoms with van der Waals surface area (Å²) in [7, 11) is 0. The van der Waals surface area contributed by atoms with Crippen molar-refractivity contribution in [3.63, 3.8) is 0 Å². The molecule has 4 aromatic rings. The molecule has 3 heteroatoms. The van der Waals surface area contributed by atoms with Gasteiger partial charge in [0.25, 0.3) is 0 Å². The van der Waals surface area contributed by atoms with Crippen LogP contribution in [0.3, 0.4) is 0 Å². The van der Waals surface area contributed by atoms with Crippen LogP contribution >= 0.6 is 0 Å². The summed E-state index contributed by atoms with van der Waals surface area (Å²) in [5.74, 6) is 0.416. The van der Waals surface area contributed by atoms with Crippen molar-refractivity contribution in [2.45, 2.75) is 25.7 Å². The first-order valence-corrected chi connectivity index (χ1v) is 13.2. The Morgan fingerprint density at radius 3 is 1.92 bits per heavy atom. The summed E-state index contributed by atoms with van der Waals surface area (Å²) in [6.45, 7) is 2.24. The maximum atomic E-state index is 3.73. The first-order valence-electron chi connectivity index (χ1n) is 11.9. The van der Waals surface area contributed by atoms with E-state index in [1.165, 1.54) is 71.9 Å². The molecule has 36 heavy (non-hydrogen) atoms. The third-order valence-electron chi connectivity index (χ3n) is 6.54. The number of rotatable bonds is 4. The van der Waals surface area contributed by atoms with Crippen molar-refractivity contribution in [1.29, 1.82) is 0 Å².